The molecule has 0 aliphatic carbocycles. The van der Waals surface area contributed by atoms with Crippen LogP contribution < -0.4 is 10.0 Å². The predicted octanol–water partition coefficient (Wildman–Crippen LogP) is 1.57. The molecule has 0 amide bonds. The monoisotopic (exact) mass is 405 g/mol. The number of halogens is 1. The van der Waals surface area contributed by atoms with Gasteiger partial charge in [0.05, 0.1) is 11.4 Å². The molecule has 2 rings (SSSR count). The maximum Gasteiger partial charge on any atom is 0.325 e. The smallest absolute Gasteiger partial charge is 0.325 e. The van der Waals surface area contributed by atoms with Crippen LogP contribution >= 0.6 is 11.9 Å². The number of nitrogens with zero attached hydrogens (tertiary/aromatic N) is 1. The van der Waals surface area contributed by atoms with Crippen LogP contribution in [0, 0.1) is 10.7 Å². The van der Waals surface area contributed by atoms with Gasteiger partial charge in [-0.2, -0.15) is 4.72 Å². The van der Waals surface area contributed by atoms with Gasteiger partial charge in [0.2, 0.25) is 10.0 Å². The van der Waals surface area contributed by atoms with Crippen LogP contribution in [-0.4, -0.2) is 44.9 Å². The lowest BCUT2D eigenvalue weighted by Crippen LogP contribution is -2.59. The van der Waals surface area contributed by atoms with Gasteiger partial charge in [0.15, 0.2) is 0 Å². The van der Waals surface area contributed by atoms with Gasteiger partial charge in [0, 0.05) is 16.5 Å². The molecule has 0 aromatic heterocycles. The topological polar surface area (TPSA) is 114 Å². The van der Waals surface area contributed by atoms with E-state index < -0.39 is 37.5 Å². The van der Waals surface area contributed by atoms with Crippen LogP contribution in [0.1, 0.15) is 19.8 Å². The molecule has 1 aromatic rings. The van der Waals surface area contributed by atoms with E-state index in [1.807, 2.05) is 0 Å². The molecule has 8 nitrogen and oxygen atoms in total. The lowest BCUT2D eigenvalue weighted by Gasteiger charge is -2.39. The number of esters is 1. The largest absolute Gasteiger partial charge is 0.465 e. The molecule has 26 heavy (non-hydrogen) atoms. The summed E-state index contributed by atoms with van der Waals surface area (Å²) in [6, 6.07) is 3.46. The summed E-state index contributed by atoms with van der Waals surface area (Å²) in [5, 5.41) is 3.08. The highest BCUT2D eigenvalue weighted by Gasteiger charge is 2.48. The van der Waals surface area contributed by atoms with Gasteiger partial charge in [-0.3, -0.25) is 4.79 Å². The fraction of sp³-hybridized carbons (Fsp3) is 0.533. The van der Waals surface area contributed by atoms with E-state index in [0.717, 1.165) is 12.1 Å². The van der Waals surface area contributed by atoms with Crippen molar-refractivity contribution < 1.29 is 22.3 Å². The molecular weight excluding hydrogens is 385 g/mol. The molecule has 1 aromatic carbocycles. The van der Waals surface area contributed by atoms with Gasteiger partial charge >= 0.3 is 5.97 Å². The lowest BCUT2D eigenvalue weighted by atomic mass is 9.89. The van der Waals surface area contributed by atoms with Crippen molar-refractivity contribution in [1.29, 1.82) is 0 Å². The Labute approximate surface area is 155 Å². The number of benzene rings is 1. The summed E-state index contributed by atoms with van der Waals surface area (Å²) in [5.74, 6) is -1.77. The van der Waals surface area contributed by atoms with Gasteiger partial charge in [-0.1, -0.05) is 12.1 Å². The van der Waals surface area contributed by atoms with Crippen molar-refractivity contribution in [1.82, 2.24) is 10.0 Å². The Morgan fingerprint density at radius 3 is 2.65 bits per heavy atom. The zero-order chi connectivity index (χ0) is 19.2. The summed E-state index contributed by atoms with van der Waals surface area (Å²) in [4.78, 5) is 22.9. The number of nitrogens with one attached hydrogen (secondary N) is 2. The zero-order valence-corrected chi connectivity index (χ0v) is 15.7. The number of hydrogen-bond donors (Lipinski definition) is 2. The third-order valence-corrected chi connectivity index (χ3v) is 6.65. The molecule has 11 heteroatoms. The van der Waals surface area contributed by atoms with Crippen LogP contribution in [0.5, 0.6) is 0 Å². The maximum absolute atomic E-state index is 14.0. The quantitative estimate of drug-likeness (QED) is 0.383. The van der Waals surface area contributed by atoms with Gasteiger partial charge in [0.1, 0.15) is 16.8 Å². The van der Waals surface area contributed by atoms with Crippen LogP contribution in [0.2, 0.25) is 0 Å². The van der Waals surface area contributed by atoms with Crippen molar-refractivity contribution in [3.8, 4) is 0 Å². The third kappa shape index (κ3) is 4.58. The summed E-state index contributed by atoms with van der Waals surface area (Å²) >= 11 is 0.610. The summed E-state index contributed by atoms with van der Waals surface area (Å²) in [6.07, 6.45) is 0.624. The summed E-state index contributed by atoms with van der Waals surface area (Å²) < 4.78 is 48.3. The predicted molar refractivity (Wildman–Crippen MR) is 95.4 cm³/mol. The van der Waals surface area contributed by atoms with E-state index >= 15 is 0 Å². The van der Waals surface area contributed by atoms with E-state index in [4.69, 9.17) is 4.74 Å². The molecule has 1 saturated heterocycles. The van der Waals surface area contributed by atoms with Gasteiger partial charge in [-0.15, -0.1) is 4.91 Å². The molecule has 0 radical (unpaired) electrons. The number of hydrogen-bond acceptors (Lipinski definition) is 8. The number of carbonyl (C=O) groups is 1. The standard InChI is InChI=1S/C15H20FN3O5S2/c1-2-24-14(20)13(15(25-19-21)7-9-17-10-8-15)18-26(22,23)12-6-4-3-5-11(12)16/h3-6,13,17-18H,2,7-10H2,1H3. The SMILES string of the molecule is CCOC(=O)C(NS(=O)(=O)c1ccccc1F)C1(SN=O)CCNCC1. The van der Waals surface area contributed by atoms with E-state index in [1.54, 1.807) is 6.92 Å². The van der Waals surface area contributed by atoms with Crippen molar-refractivity contribution in [2.24, 2.45) is 4.58 Å². The second-order valence-electron chi connectivity index (χ2n) is 5.72. The van der Waals surface area contributed by atoms with Crippen LogP contribution in [0.3, 0.4) is 0 Å². The molecule has 1 aliphatic heterocycles. The van der Waals surface area contributed by atoms with Crippen molar-refractivity contribution in [3.05, 3.63) is 35.0 Å². The molecule has 1 fully saturated rings. The molecule has 0 spiro atoms. The number of ether oxygens (including phenoxy) is 1. The minimum atomic E-state index is -4.36. The van der Waals surface area contributed by atoms with Crippen LogP contribution in [0.15, 0.2) is 33.7 Å². The number of sulfonamides is 1. The highest BCUT2D eigenvalue weighted by Crippen LogP contribution is 2.39. The molecule has 1 aliphatic rings. The van der Waals surface area contributed by atoms with Crippen molar-refractivity contribution in [2.45, 2.75) is 35.4 Å². The molecule has 144 valence electrons. The van der Waals surface area contributed by atoms with Crippen molar-refractivity contribution in [2.75, 3.05) is 19.7 Å². The minimum Gasteiger partial charge on any atom is -0.465 e. The molecule has 0 saturated carbocycles. The summed E-state index contributed by atoms with van der Waals surface area (Å²) in [5.41, 5.74) is 0. The van der Waals surface area contributed by atoms with E-state index in [1.165, 1.54) is 12.1 Å². The van der Waals surface area contributed by atoms with Crippen LogP contribution in [0.25, 0.3) is 0 Å². The first-order chi connectivity index (χ1) is 12.4. The van der Waals surface area contributed by atoms with E-state index in [0.29, 0.717) is 37.9 Å². The van der Waals surface area contributed by atoms with Crippen molar-refractivity contribution >= 4 is 27.9 Å². The molecule has 1 unspecified atom stereocenters. The summed E-state index contributed by atoms with van der Waals surface area (Å²) in [6.45, 7) is 2.56. The van der Waals surface area contributed by atoms with Crippen LogP contribution in [-0.2, 0) is 19.6 Å². The first-order valence-electron chi connectivity index (χ1n) is 8.01. The van der Waals surface area contributed by atoms with E-state index in [9.17, 15) is 22.5 Å². The highest BCUT2D eigenvalue weighted by molar-refractivity contribution is 7.99. The Morgan fingerprint density at radius 2 is 2.08 bits per heavy atom. The Bertz CT molecular complexity index is 753. The molecule has 1 atom stereocenters. The first-order valence-corrected chi connectivity index (χ1v) is 10.3. The van der Waals surface area contributed by atoms with Gasteiger partial charge < -0.3 is 10.1 Å². The van der Waals surface area contributed by atoms with Gasteiger partial charge in [-0.25, -0.2) is 12.8 Å². The lowest BCUT2D eigenvalue weighted by molar-refractivity contribution is -0.146. The summed E-state index contributed by atoms with van der Waals surface area (Å²) in [7, 11) is -4.36. The Kier molecular flexibility index (Phi) is 7.09. The van der Waals surface area contributed by atoms with Gasteiger partial charge in [0.25, 0.3) is 0 Å². The third-order valence-electron chi connectivity index (χ3n) is 4.12. The number of nitroso groups, excluding NO2 is 1. The number of rotatable bonds is 8. The number of carbonyl (C=O) groups excluding carboxylic acids is 1. The van der Waals surface area contributed by atoms with Crippen LogP contribution in [0.4, 0.5) is 4.39 Å². The highest BCUT2D eigenvalue weighted by atomic mass is 32.2. The fourth-order valence-corrected chi connectivity index (χ4v) is 5.05. The van der Waals surface area contributed by atoms with Crippen molar-refractivity contribution in [3.63, 3.8) is 0 Å². The Balaban J connectivity index is 2.43. The van der Waals surface area contributed by atoms with E-state index in [-0.39, 0.29) is 6.61 Å². The normalized spacial score (nSPS) is 18.1. The first kappa shape index (κ1) is 20.7. The Morgan fingerprint density at radius 1 is 1.42 bits per heavy atom. The molecule has 1 heterocycles. The fourth-order valence-electron chi connectivity index (χ4n) is 2.83. The molecule has 2 N–H and O–H groups in total. The average molecular weight is 405 g/mol. The van der Waals surface area contributed by atoms with Gasteiger partial charge in [-0.05, 0) is 45.0 Å². The van der Waals surface area contributed by atoms with E-state index in [2.05, 4.69) is 14.6 Å². The molecular formula is C15H20FN3O5S2. The average Bonchev–Trinajstić information content (AvgIpc) is 2.61. The maximum atomic E-state index is 14.0. The Hall–Kier alpha value is -1.56. The zero-order valence-electron chi connectivity index (χ0n) is 14.1. The molecule has 0 bridgehead atoms. The second kappa shape index (κ2) is 8.89. The second-order valence-corrected chi connectivity index (χ2v) is 8.54. The minimum absolute atomic E-state index is 0.0320. The number of piperidine rings is 1.